The highest BCUT2D eigenvalue weighted by Crippen LogP contribution is 2.36. The number of alkyl carbamates (subject to hydrolysis) is 1. The van der Waals surface area contributed by atoms with Gasteiger partial charge in [0.1, 0.15) is 17.0 Å². The van der Waals surface area contributed by atoms with Gasteiger partial charge in [-0.25, -0.2) is 14.6 Å². The molecule has 2 amide bonds. The molecule has 1 aromatic heterocycles. The highest BCUT2D eigenvalue weighted by atomic mass is 32.1. The summed E-state index contributed by atoms with van der Waals surface area (Å²) in [4.78, 5) is 37.2. The Morgan fingerprint density at radius 3 is 2.31 bits per heavy atom. The Morgan fingerprint density at radius 2 is 1.81 bits per heavy atom. The summed E-state index contributed by atoms with van der Waals surface area (Å²) >= 11 is 0.325. The SMILES string of the molecule is CCOC(=O)c1sc(NC(=O)CNC(=O)OC(C)(C)C)nc1C(F)(F)F. The molecule has 2 N–H and O–H groups in total. The van der Waals surface area contributed by atoms with Crippen molar-refractivity contribution in [3.63, 3.8) is 0 Å². The zero-order valence-electron chi connectivity index (χ0n) is 14.4. The van der Waals surface area contributed by atoms with E-state index in [1.165, 1.54) is 6.92 Å². The number of halogens is 3. The highest BCUT2D eigenvalue weighted by molar-refractivity contribution is 7.17. The van der Waals surface area contributed by atoms with Crippen LogP contribution in [-0.4, -0.2) is 41.7 Å². The Bertz CT molecular complexity index is 682. The van der Waals surface area contributed by atoms with Crippen molar-refractivity contribution in [1.82, 2.24) is 10.3 Å². The second-order valence-corrected chi connectivity index (χ2v) is 6.82. The van der Waals surface area contributed by atoms with Gasteiger partial charge in [0.15, 0.2) is 10.8 Å². The lowest BCUT2D eigenvalue weighted by molar-refractivity contribution is -0.141. The first kappa shape index (κ1) is 21.7. The molecule has 1 heterocycles. The van der Waals surface area contributed by atoms with Gasteiger partial charge in [-0.1, -0.05) is 11.3 Å². The van der Waals surface area contributed by atoms with E-state index in [-0.39, 0.29) is 6.61 Å². The lowest BCUT2D eigenvalue weighted by Crippen LogP contribution is -2.37. The third-order valence-corrected chi connectivity index (χ3v) is 3.35. The lowest BCUT2D eigenvalue weighted by atomic mass is 10.2. The molecule has 26 heavy (non-hydrogen) atoms. The molecule has 0 aliphatic heterocycles. The Hall–Kier alpha value is -2.37. The van der Waals surface area contributed by atoms with Gasteiger partial charge < -0.3 is 20.1 Å². The van der Waals surface area contributed by atoms with E-state index in [4.69, 9.17) is 4.74 Å². The van der Waals surface area contributed by atoms with Gasteiger partial charge in [0.2, 0.25) is 5.91 Å². The molecule has 0 atom stereocenters. The number of hydrogen-bond donors (Lipinski definition) is 2. The third kappa shape index (κ3) is 6.86. The first-order valence-corrected chi connectivity index (χ1v) is 8.17. The molecule has 0 radical (unpaired) electrons. The van der Waals surface area contributed by atoms with Crippen LogP contribution in [0.25, 0.3) is 0 Å². The maximum atomic E-state index is 13.0. The third-order valence-electron chi connectivity index (χ3n) is 2.40. The summed E-state index contributed by atoms with van der Waals surface area (Å²) in [5, 5.41) is 3.78. The average Bonchev–Trinajstić information content (AvgIpc) is 2.87. The fraction of sp³-hybridized carbons (Fsp3) is 0.571. The molecule has 0 fully saturated rings. The van der Waals surface area contributed by atoms with Crippen LogP contribution >= 0.6 is 11.3 Å². The fourth-order valence-corrected chi connectivity index (χ4v) is 2.43. The van der Waals surface area contributed by atoms with E-state index in [0.717, 1.165) is 0 Å². The number of alkyl halides is 3. The Morgan fingerprint density at radius 1 is 1.19 bits per heavy atom. The molecule has 0 aromatic carbocycles. The summed E-state index contributed by atoms with van der Waals surface area (Å²) in [6.07, 6.45) is -5.76. The van der Waals surface area contributed by atoms with Crippen LogP contribution in [-0.2, 0) is 20.4 Å². The van der Waals surface area contributed by atoms with Gasteiger partial charge in [0, 0.05) is 0 Å². The van der Waals surface area contributed by atoms with Gasteiger partial charge in [0.25, 0.3) is 0 Å². The Kier molecular flexibility index (Phi) is 6.95. The molecule has 1 rings (SSSR count). The van der Waals surface area contributed by atoms with Crippen LogP contribution < -0.4 is 10.6 Å². The van der Waals surface area contributed by atoms with E-state index in [0.29, 0.717) is 11.3 Å². The summed E-state index contributed by atoms with van der Waals surface area (Å²) in [5.41, 5.74) is -2.22. The van der Waals surface area contributed by atoms with E-state index in [1.807, 2.05) is 0 Å². The van der Waals surface area contributed by atoms with E-state index in [9.17, 15) is 27.6 Å². The molecular weight excluding hydrogens is 379 g/mol. The minimum absolute atomic E-state index is 0.116. The lowest BCUT2D eigenvalue weighted by Gasteiger charge is -2.19. The van der Waals surface area contributed by atoms with Crippen LogP contribution in [0.3, 0.4) is 0 Å². The predicted octanol–water partition coefficient (Wildman–Crippen LogP) is 2.80. The molecule has 146 valence electrons. The van der Waals surface area contributed by atoms with E-state index in [1.54, 1.807) is 20.8 Å². The number of carbonyl (C=O) groups excluding carboxylic acids is 3. The monoisotopic (exact) mass is 397 g/mol. The van der Waals surface area contributed by atoms with Crippen LogP contribution in [0.15, 0.2) is 0 Å². The van der Waals surface area contributed by atoms with E-state index in [2.05, 4.69) is 20.4 Å². The topological polar surface area (TPSA) is 107 Å². The second kappa shape index (κ2) is 8.34. The normalized spacial score (nSPS) is 11.7. The number of rotatable bonds is 5. The molecule has 0 aliphatic rings. The fourth-order valence-electron chi connectivity index (χ4n) is 1.53. The van der Waals surface area contributed by atoms with Gasteiger partial charge in [0.05, 0.1) is 6.61 Å². The smallest absolute Gasteiger partial charge is 0.435 e. The minimum atomic E-state index is -4.89. The quantitative estimate of drug-likeness (QED) is 0.740. The molecule has 0 unspecified atom stereocenters. The van der Waals surface area contributed by atoms with Crippen molar-refractivity contribution in [3.05, 3.63) is 10.6 Å². The van der Waals surface area contributed by atoms with E-state index < -0.39 is 52.0 Å². The highest BCUT2D eigenvalue weighted by Gasteiger charge is 2.40. The number of thiazole rings is 1. The van der Waals surface area contributed by atoms with Crippen molar-refractivity contribution >= 4 is 34.4 Å². The number of hydrogen-bond acceptors (Lipinski definition) is 7. The molecule has 12 heteroatoms. The molecule has 0 spiro atoms. The molecule has 1 aromatic rings. The molecule has 0 bridgehead atoms. The van der Waals surface area contributed by atoms with Crippen LogP contribution in [0.4, 0.5) is 23.1 Å². The average molecular weight is 397 g/mol. The number of ether oxygens (including phenoxy) is 2. The number of amides is 2. The van der Waals surface area contributed by atoms with Crippen molar-refractivity contribution in [3.8, 4) is 0 Å². The van der Waals surface area contributed by atoms with Crippen molar-refractivity contribution in [1.29, 1.82) is 0 Å². The molecular formula is C14H18F3N3O5S. The van der Waals surface area contributed by atoms with Gasteiger partial charge >= 0.3 is 18.2 Å². The first-order chi connectivity index (χ1) is 11.8. The zero-order valence-corrected chi connectivity index (χ0v) is 15.3. The van der Waals surface area contributed by atoms with Gasteiger partial charge in [-0.3, -0.25) is 4.79 Å². The number of anilines is 1. The summed E-state index contributed by atoms with van der Waals surface area (Å²) < 4.78 is 48.3. The minimum Gasteiger partial charge on any atom is -0.462 e. The maximum absolute atomic E-state index is 13.0. The van der Waals surface area contributed by atoms with E-state index >= 15 is 0 Å². The number of nitrogens with zero attached hydrogens (tertiary/aromatic N) is 1. The number of aromatic nitrogens is 1. The van der Waals surface area contributed by atoms with Crippen molar-refractivity contribution in [2.45, 2.75) is 39.5 Å². The molecule has 0 aliphatic carbocycles. The van der Waals surface area contributed by atoms with Crippen LogP contribution in [0.1, 0.15) is 43.1 Å². The summed E-state index contributed by atoms with van der Waals surface area (Å²) in [6.45, 7) is 5.64. The van der Waals surface area contributed by atoms with Crippen molar-refractivity contribution < 1.29 is 37.0 Å². The molecule has 0 saturated carbocycles. The van der Waals surface area contributed by atoms with Gasteiger partial charge in [-0.05, 0) is 27.7 Å². The molecule has 0 saturated heterocycles. The Labute approximate surface area is 151 Å². The predicted molar refractivity (Wildman–Crippen MR) is 85.9 cm³/mol. The Balaban J connectivity index is 2.79. The standard InChI is InChI=1S/C14H18F3N3O5S/c1-5-24-10(22)8-9(14(15,16)17)20-11(26-8)19-7(21)6-18-12(23)25-13(2,3)4/h5-6H2,1-4H3,(H,18,23)(H,19,20,21). The van der Waals surface area contributed by atoms with Crippen LogP contribution in [0.2, 0.25) is 0 Å². The molecule has 8 nitrogen and oxygen atoms in total. The second-order valence-electron chi connectivity index (χ2n) is 5.82. The largest absolute Gasteiger partial charge is 0.462 e. The van der Waals surface area contributed by atoms with Gasteiger partial charge in [-0.15, -0.1) is 0 Å². The first-order valence-electron chi connectivity index (χ1n) is 7.35. The van der Waals surface area contributed by atoms with Crippen LogP contribution in [0.5, 0.6) is 0 Å². The number of carbonyl (C=O) groups is 3. The van der Waals surface area contributed by atoms with Crippen LogP contribution in [0, 0.1) is 0 Å². The summed E-state index contributed by atoms with van der Waals surface area (Å²) in [6, 6.07) is 0. The number of esters is 1. The zero-order chi connectivity index (χ0) is 20.1. The van der Waals surface area contributed by atoms with Gasteiger partial charge in [-0.2, -0.15) is 13.2 Å². The van der Waals surface area contributed by atoms with Crippen molar-refractivity contribution in [2.75, 3.05) is 18.5 Å². The summed E-state index contributed by atoms with van der Waals surface area (Å²) in [7, 11) is 0. The van der Waals surface area contributed by atoms with Crippen molar-refractivity contribution in [2.24, 2.45) is 0 Å². The number of nitrogens with one attached hydrogen (secondary N) is 2. The summed E-state index contributed by atoms with van der Waals surface area (Å²) in [5.74, 6) is -2.03. The maximum Gasteiger partial charge on any atom is 0.435 e.